The Morgan fingerprint density at radius 3 is 3.11 bits per heavy atom. The lowest BCUT2D eigenvalue weighted by atomic mass is 9.85. The molecule has 0 saturated carbocycles. The van der Waals surface area contributed by atoms with E-state index in [1.54, 1.807) is 0 Å². The zero-order valence-corrected chi connectivity index (χ0v) is 10.5. The number of H-pyrrole nitrogens is 1. The molecule has 1 N–H and O–H groups in total. The summed E-state index contributed by atoms with van der Waals surface area (Å²) in [5, 5.41) is 1.34. The van der Waals surface area contributed by atoms with Gasteiger partial charge in [-0.15, -0.1) is 0 Å². The van der Waals surface area contributed by atoms with Crippen LogP contribution in [0.25, 0.3) is 10.9 Å². The average Bonchev–Trinajstić information content (AvgIpc) is 2.76. The molecule has 0 fully saturated rings. The van der Waals surface area contributed by atoms with Gasteiger partial charge >= 0.3 is 5.97 Å². The molecule has 2 aromatic rings. The molecule has 0 amide bonds. The lowest BCUT2D eigenvalue weighted by Crippen LogP contribution is -2.18. The number of aromatic amines is 1. The van der Waals surface area contributed by atoms with Crippen molar-refractivity contribution >= 4 is 16.9 Å². The number of hydrogen-bond acceptors (Lipinski definition) is 2. The van der Waals surface area contributed by atoms with Crippen LogP contribution in [0.4, 0.5) is 0 Å². The molecule has 0 aliphatic heterocycles. The van der Waals surface area contributed by atoms with Crippen molar-refractivity contribution in [3.63, 3.8) is 0 Å². The number of methoxy groups -OCH3 is 1. The molecular weight excluding hydrogens is 226 g/mol. The van der Waals surface area contributed by atoms with Gasteiger partial charge in [0.05, 0.1) is 7.11 Å². The van der Waals surface area contributed by atoms with Crippen LogP contribution in [-0.4, -0.2) is 18.1 Å². The van der Waals surface area contributed by atoms with Crippen LogP contribution in [-0.2, 0) is 22.4 Å². The molecule has 1 aromatic heterocycles. The largest absolute Gasteiger partial charge is 0.469 e. The fourth-order valence-electron chi connectivity index (χ4n) is 2.95. The van der Waals surface area contributed by atoms with Gasteiger partial charge in [0.1, 0.15) is 0 Å². The summed E-state index contributed by atoms with van der Waals surface area (Å²) in [6, 6.07) is 8.42. The number of ether oxygens (including phenoxy) is 1. The van der Waals surface area contributed by atoms with Crippen molar-refractivity contribution in [3.05, 3.63) is 35.5 Å². The summed E-state index contributed by atoms with van der Waals surface area (Å²) in [6.45, 7) is 0. The molecule has 0 unspecified atom stereocenters. The summed E-state index contributed by atoms with van der Waals surface area (Å²) in [5.74, 6) is 0.317. The number of hydrogen-bond donors (Lipinski definition) is 1. The van der Waals surface area contributed by atoms with E-state index in [2.05, 4.69) is 29.2 Å². The third-order valence-corrected chi connectivity index (χ3v) is 3.88. The molecule has 0 saturated heterocycles. The van der Waals surface area contributed by atoms with Gasteiger partial charge in [0.15, 0.2) is 0 Å². The van der Waals surface area contributed by atoms with Crippen LogP contribution in [0.15, 0.2) is 24.3 Å². The molecular formula is C15H17NO2. The maximum atomic E-state index is 11.3. The van der Waals surface area contributed by atoms with E-state index >= 15 is 0 Å². The molecule has 94 valence electrons. The highest BCUT2D eigenvalue weighted by molar-refractivity contribution is 5.84. The Hall–Kier alpha value is -1.77. The van der Waals surface area contributed by atoms with Gasteiger partial charge in [-0.2, -0.15) is 0 Å². The van der Waals surface area contributed by atoms with E-state index in [0.717, 1.165) is 19.3 Å². The smallest absolute Gasteiger partial charge is 0.305 e. The molecule has 1 atom stereocenters. The monoisotopic (exact) mass is 243 g/mol. The molecule has 1 aliphatic rings. The number of aromatic nitrogens is 1. The Labute approximate surface area is 106 Å². The van der Waals surface area contributed by atoms with Crippen molar-refractivity contribution in [2.45, 2.75) is 25.7 Å². The minimum absolute atomic E-state index is 0.0976. The number of benzene rings is 1. The molecule has 3 heteroatoms. The number of esters is 1. The molecule has 3 nitrogen and oxygen atoms in total. The van der Waals surface area contributed by atoms with E-state index in [-0.39, 0.29) is 5.97 Å². The predicted molar refractivity (Wildman–Crippen MR) is 70.4 cm³/mol. The van der Waals surface area contributed by atoms with Gasteiger partial charge in [0, 0.05) is 23.0 Å². The normalized spacial score (nSPS) is 18.6. The lowest BCUT2D eigenvalue weighted by Gasteiger charge is -2.21. The summed E-state index contributed by atoms with van der Waals surface area (Å²) in [4.78, 5) is 14.8. The van der Waals surface area contributed by atoms with Crippen molar-refractivity contribution in [2.24, 2.45) is 5.92 Å². The Morgan fingerprint density at radius 2 is 2.28 bits per heavy atom. The second-order valence-corrected chi connectivity index (χ2v) is 5.02. The average molecular weight is 243 g/mol. The van der Waals surface area contributed by atoms with Gasteiger partial charge in [-0.1, -0.05) is 18.2 Å². The Bertz CT molecular complexity index is 585. The highest BCUT2D eigenvalue weighted by Crippen LogP contribution is 2.32. The van der Waals surface area contributed by atoms with Gasteiger partial charge in [-0.25, -0.2) is 0 Å². The highest BCUT2D eigenvalue weighted by Gasteiger charge is 2.24. The second-order valence-electron chi connectivity index (χ2n) is 5.02. The molecule has 18 heavy (non-hydrogen) atoms. The van der Waals surface area contributed by atoms with E-state index < -0.39 is 0 Å². The third-order valence-electron chi connectivity index (χ3n) is 3.88. The van der Waals surface area contributed by atoms with E-state index in [1.807, 2.05) is 0 Å². The molecule has 1 aliphatic carbocycles. The van der Waals surface area contributed by atoms with Crippen LogP contribution in [0.5, 0.6) is 0 Å². The zero-order chi connectivity index (χ0) is 12.5. The SMILES string of the molecule is COC(=O)C[C@H]1CCc2c([nH]c3ccccc23)C1. The molecule has 1 aromatic carbocycles. The van der Waals surface area contributed by atoms with E-state index in [4.69, 9.17) is 4.74 Å². The number of carbonyl (C=O) groups excluding carboxylic acids is 1. The second kappa shape index (κ2) is 4.48. The summed E-state index contributed by atoms with van der Waals surface area (Å²) >= 11 is 0. The number of nitrogens with one attached hydrogen (secondary N) is 1. The fraction of sp³-hybridized carbons (Fsp3) is 0.400. The standard InChI is InChI=1S/C15H17NO2/c1-18-15(17)9-10-6-7-12-11-4-2-3-5-13(11)16-14(12)8-10/h2-5,10,16H,6-9H2,1H3/t10-/m0/s1. The third kappa shape index (κ3) is 1.90. The first kappa shape index (κ1) is 11.3. The van der Waals surface area contributed by atoms with Gasteiger partial charge in [-0.3, -0.25) is 4.79 Å². The Morgan fingerprint density at radius 1 is 1.44 bits per heavy atom. The molecule has 0 spiro atoms. The van der Waals surface area contributed by atoms with E-state index in [0.29, 0.717) is 12.3 Å². The summed E-state index contributed by atoms with van der Waals surface area (Å²) in [6.07, 6.45) is 3.62. The summed E-state index contributed by atoms with van der Waals surface area (Å²) < 4.78 is 4.75. The zero-order valence-electron chi connectivity index (χ0n) is 10.5. The summed E-state index contributed by atoms with van der Waals surface area (Å²) in [5.41, 5.74) is 3.95. The first-order chi connectivity index (χ1) is 8.78. The van der Waals surface area contributed by atoms with Crippen LogP contribution < -0.4 is 0 Å². The van der Waals surface area contributed by atoms with Gasteiger partial charge in [0.25, 0.3) is 0 Å². The molecule has 0 radical (unpaired) electrons. The Balaban J connectivity index is 1.87. The van der Waals surface area contributed by atoms with E-state index in [9.17, 15) is 4.79 Å². The molecule has 0 bridgehead atoms. The molecule has 1 heterocycles. The van der Waals surface area contributed by atoms with Crippen molar-refractivity contribution < 1.29 is 9.53 Å². The van der Waals surface area contributed by atoms with E-state index in [1.165, 1.54) is 29.3 Å². The minimum Gasteiger partial charge on any atom is -0.469 e. The van der Waals surface area contributed by atoms with Crippen molar-refractivity contribution in [1.82, 2.24) is 4.98 Å². The summed E-state index contributed by atoms with van der Waals surface area (Å²) in [7, 11) is 1.46. The van der Waals surface area contributed by atoms with Crippen LogP contribution in [0, 0.1) is 5.92 Å². The highest BCUT2D eigenvalue weighted by atomic mass is 16.5. The minimum atomic E-state index is -0.0976. The van der Waals surface area contributed by atoms with Crippen LogP contribution in [0.3, 0.4) is 0 Å². The van der Waals surface area contributed by atoms with Crippen LogP contribution in [0.1, 0.15) is 24.1 Å². The number of fused-ring (bicyclic) bond motifs is 3. The maximum absolute atomic E-state index is 11.3. The predicted octanol–water partition coefficient (Wildman–Crippen LogP) is 2.84. The van der Waals surface area contributed by atoms with Gasteiger partial charge in [-0.05, 0) is 36.8 Å². The lowest BCUT2D eigenvalue weighted by molar-refractivity contribution is -0.141. The topological polar surface area (TPSA) is 42.1 Å². The van der Waals surface area contributed by atoms with Crippen LogP contribution >= 0.6 is 0 Å². The van der Waals surface area contributed by atoms with Crippen molar-refractivity contribution in [2.75, 3.05) is 7.11 Å². The first-order valence-corrected chi connectivity index (χ1v) is 6.43. The van der Waals surface area contributed by atoms with Crippen molar-refractivity contribution in [1.29, 1.82) is 0 Å². The number of aryl methyl sites for hydroxylation is 1. The number of rotatable bonds is 2. The Kier molecular flexibility index (Phi) is 2.82. The van der Waals surface area contributed by atoms with Crippen molar-refractivity contribution in [3.8, 4) is 0 Å². The number of carbonyl (C=O) groups is 1. The van der Waals surface area contributed by atoms with Crippen LogP contribution in [0.2, 0.25) is 0 Å². The maximum Gasteiger partial charge on any atom is 0.305 e. The number of para-hydroxylation sites is 1. The fourth-order valence-corrected chi connectivity index (χ4v) is 2.95. The quantitative estimate of drug-likeness (QED) is 0.824. The first-order valence-electron chi connectivity index (χ1n) is 6.43. The van der Waals surface area contributed by atoms with Gasteiger partial charge in [0.2, 0.25) is 0 Å². The van der Waals surface area contributed by atoms with Gasteiger partial charge < -0.3 is 9.72 Å². The molecule has 3 rings (SSSR count).